The van der Waals surface area contributed by atoms with E-state index in [4.69, 9.17) is 4.42 Å². The molecule has 1 aliphatic carbocycles. The van der Waals surface area contributed by atoms with Gasteiger partial charge < -0.3 is 9.73 Å². The van der Waals surface area contributed by atoms with Crippen molar-refractivity contribution in [3.05, 3.63) is 23.2 Å². The molecule has 0 bridgehead atoms. The van der Waals surface area contributed by atoms with Gasteiger partial charge in [-0.2, -0.15) is 0 Å². The minimum absolute atomic E-state index is 0.511. The molecule has 0 radical (unpaired) electrons. The molecule has 3 heteroatoms. The van der Waals surface area contributed by atoms with Gasteiger partial charge in [0.2, 0.25) is 0 Å². The van der Waals surface area contributed by atoms with Gasteiger partial charge in [0.1, 0.15) is 11.5 Å². The zero-order valence-corrected chi connectivity index (χ0v) is 14.2. The molecule has 0 aliphatic heterocycles. The zero-order valence-electron chi connectivity index (χ0n) is 14.2. The lowest BCUT2D eigenvalue weighted by molar-refractivity contribution is 0.145. The second-order valence-corrected chi connectivity index (χ2v) is 6.68. The van der Waals surface area contributed by atoms with E-state index in [1.54, 1.807) is 0 Å². The molecule has 0 saturated heterocycles. The van der Waals surface area contributed by atoms with Crippen LogP contribution in [-0.2, 0) is 13.1 Å². The number of furan rings is 1. The van der Waals surface area contributed by atoms with Crippen molar-refractivity contribution in [1.82, 2.24) is 10.2 Å². The van der Waals surface area contributed by atoms with Crippen LogP contribution in [0, 0.1) is 6.92 Å². The lowest BCUT2D eigenvalue weighted by atomic mass is 9.94. The summed E-state index contributed by atoms with van der Waals surface area (Å²) in [6, 6.07) is 3.51. The number of nitrogens with one attached hydrogen (secondary N) is 1. The van der Waals surface area contributed by atoms with Gasteiger partial charge in [0.25, 0.3) is 0 Å². The van der Waals surface area contributed by atoms with Crippen molar-refractivity contribution in [2.75, 3.05) is 6.54 Å². The Balaban J connectivity index is 1.95. The molecule has 1 aromatic heterocycles. The first-order valence-corrected chi connectivity index (χ1v) is 8.65. The monoisotopic (exact) mass is 292 g/mol. The van der Waals surface area contributed by atoms with Gasteiger partial charge in [-0.05, 0) is 32.4 Å². The van der Waals surface area contributed by atoms with Crippen LogP contribution in [0.1, 0.15) is 70.0 Å². The molecule has 1 N–H and O–H groups in total. The molecule has 3 nitrogen and oxygen atoms in total. The van der Waals surface area contributed by atoms with Crippen molar-refractivity contribution in [2.45, 2.75) is 85.0 Å². The first-order chi connectivity index (χ1) is 10.1. The lowest BCUT2D eigenvalue weighted by Gasteiger charge is -2.32. The van der Waals surface area contributed by atoms with Crippen molar-refractivity contribution in [3.63, 3.8) is 0 Å². The average molecular weight is 292 g/mol. The standard InChI is InChI=1S/C18H32N2O/c1-5-20(17-9-7-6-8-10-17)13-18-11-16(15(4)21-18)12-19-14(2)3/h11,14,17,19H,5-10,12-13H2,1-4H3. The fourth-order valence-corrected chi connectivity index (χ4v) is 3.30. The van der Waals surface area contributed by atoms with Crippen LogP contribution < -0.4 is 5.32 Å². The minimum atomic E-state index is 0.511. The number of nitrogens with zero attached hydrogens (tertiary/aromatic N) is 1. The molecule has 0 amide bonds. The van der Waals surface area contributed by atoms with Crippen LogP contribution in [0.25, 0.3) is 0 Å². The highest BCUT2D eigenvalue weighted by Crippen LogP contribution is 2.25. The first kappa shape index (κ1) is 16.6. The molecule has 1 fully saturated rings. The number of hydrogen-bond acceptors (Lipinski definition) is 3. The van der Waals surface area contributed by atoms with Crippen molar-refractivity contribution in [3.8, 4) is 0 Å². The molecular formula is C18H32N2O. The van der Waals surface area contributed by atoms with E-state index in [-0.39, 0.29) is 0 Å². The van der Waals surface area contributed by atoms with Gasteiger partial charge in [0.05, 0.1) is 6.54 Å². The Kier molecular flexibility index (Phi) is 6.31. The predicted octanol–water partition coefficient (Wildman–Crippen LogP) is 4.24. The Morgan fingerprint density at radius 3 is 2.62 bits per heavy atom. The maximum atomic E-state index is 5.99. The van der Waals surface area contributed by atoms with Crippen LogP contribution in [0.3, 0.4) is 0 Å². The van der Waals surface area contributed by atoms with E-state index in [1.807, 2.05) is 0 Å². The lowest BCUT2D eigenvalue weighted by Crippen LogP contribution is -2.35. The van der Waals surface area contributed by atoms with Crippen molar-refractivity contribution in [2.24, 2.45) is 0 Å². The van der Waals surface area contributed by atoms with Crippen molar-refractivity contribution >= 4 is 0 Å². The molecule has 0 spiro atoms. The van der Waals surface area contributed by atoms with Crippen LogP contribution >= 0.6 is 0 Å². The van der Waals surface area contributed by atoms with Crippen LogP contribution in [0.4, 0.5) is 0 Å². The highest BCUT2D eigenvalue weighted by molar-refractivity contribution is 5.20. The molecule has 2 rings (SSSR count). The summed E-state index contributed by atoms with van der Waals surface area (Å²) in [5.41, 5.74) is 1.30. The molecule has 21 heavy (non-hydrogen) atoms. The quantitative estimate of drug-likeness (QED) is 0.815. The van der Waals surface area contributed by atoms with E-state index in [0.717, 1.165) is 37.2 Å². The predicted molar refractivity (Wildman–Crippen MR) is 88.4 cm³/mol. The zero-order chi connectivity index (χ0) is 15.2. The van der Waals surface area contributed by atoms with E-state index >= 15 is 0 Å². The summed E-state index contributed by atoms with van der Waals surface area (Å²) in [6.07, 6.45) is 6.91. The van der Waals surface area contributed by atoms with Crippen molar-refractivity contribution in [1.29, 1.82) is 0 Å². The molecule has 0 atom stereocenters. The number of aryl methyl sites for hydroxylation is 1. The third-order valence-electron chi connectivity index (χ3n) is 4.63. The topological polar surface area (TPSA) is 28.4 Å². The van der Waals surface area contributed by atoms with Crippen molar-refractivity contribution < 1.29 is 4.42 Å². The fourth-order valence-electron chi connectivity index (χ4n) is 3.30. The van der Waals surface area contributed by atoms with E-state index in [9.17, 15) is 0 Å². The van der Waals surface area contributed by atoms with E-state index < -0.39 is 0 Å². The third kappa shape index (κ3) is 4.86. The van der Waals surface area contributed by atoms with E-state index in [0.29, 0.717) is 6.04 Å². The van der Waals surface area contributed by atoms with Crippen LogP contribution in [0.15, 0.2) is 10.5 Å². The van der Waals surface area contributed by atoms with Gasteiger partial charge in [-0.3, -0.25) is 4.90 Å². The first-order valence-electron chi connectivity index (χ1n) is 8.65. The summed E-state index contributed by atoms with van der Waals surface area (Å²) < 4.78 is 5.99. The molecule has 0 unspecified atom stereocenters. The Morgan fingerprint density at radius 2 is 2.00 bits per heavy atom. The molecule has 1 saturated carbocycles. The number of rotatable bonds is 7. The molecule has 1 aliphatic rings. The smallest absolute Gasteiger partial charge is 0.118 e. The second kappa shape index (κ2) is 8.00. The van der Waals surface area contributed by atoms with Crippen LogP contribution in [-0.4, -0.2) is 23.5 Å². The summed E-state index contributed by atoms with van der Waals surface area (Å²) in [5, 5.41) is 3.47. The molecule has 1 heterocycles. The SMILES string of the molecule is CCN(Cc1cc(CNC(C)C)c(C)o1)C1CCCCC1. The van der Waals surface area contributed by atoms with E-state index in [1.165, 1.54) is 37.7 Å². The normalized spacial score (nSPS) is 17.0. The molecule has 0 aromatic carbocycles. The Hall–Kier alpha value is -0.800. The number of hydrogen-bond donors (Lipinski definition) is 1. The molecular weight excluding hydrogens is 260 g/mol. The van der Waals surface area contributed by atoms with Gasteiger partial charge >= 0.3 is 0 Å². The largest absolute Gasteiger partial charge is 0.465 e. The van der Waals surface area contributed by atoms with Gasteiger partial charge in [-0.25, -0.2) is 0 Å². The van der Waals surface area contributed by atoms with Gasteiger partial charge in [-0.1, -0.05) is 40.0 Å². The Labute approximate surface area is 130 Å². The summed E-state index contributed by atoms with van der Waals surface area (Å²) in [5.74, 6) is 2.19. The summed E-state index contributed by atoms with van der Waals surface area (Å²) in [4.78, 5) is 2.59. The minimum Gasteiger partial charge on any atom is -0.465 e. The van der Waals surface area contributed by atoms with E-state index in [2.05, 4.69) is 44.0 Å². The molecule has 1 aromatic rings. The average Bonchev–Trinajstić information content (AvgIpc) is 2.83. The fraction of sp³-hybridized carbons (Fsp3) is 0.778. The summed E-state index contributed by atoms with van der Waals surface area (Å²) >= 11 is 0. The second-order valence-electron chi connectivity index (χ2n) is 6.68. The Morgan fingerprint density at radius 1 is 1.29 bits per heavy atom. The summed E-state index contributed by atoms with van der Waals surface area (Å²) in [7, 11) is 0. The highest BCUT2D eigenvalue weighted by Gasteiger charge is 2.21. The van der Waals surface area contributed by atoms with Crippen LogP contribution in [0.2, 0.25) is 0 Å². The maximum absolute atomic E-state index is 5.99. The Bertz CT molecular complexity index is 419. The van der Waals surface area contributed by atoms with Gasteiger partial charge in [0.15, 0.2) is 0 Å². The van der Waals surface area contributed by atoms with Crippen LogP contribution in [0.5, 0.6) is 0 Å². The van der Waals surface area contributed by atoms with Gasteiger partial charge in [0, 0.05) is 24.2 Å². The maximum Gasteiger partial charge on any atom is 0.118 e. The molecule has 120 valence electrons. The van der Waals surface area contributed by atoms with Gasteiger partial charge in [-0.15, -0.1) is 0 Å². The highest BCUT2D eigenvalue weighted by atomic mass is 16.3. The summed E-state index contributed by atoms with van der Waals surface area (Å²) in [6.45, 7) is 11.7. The third-order valence-corrected chi connectivity index (χ3v) is 4.63.